The van der Waals surface area contributed by atoms with Gasteiger partial charge in [-0.3, -0.25) is 9.10 Å². The van der Waals surface area contributed by atoms with Gasteiger partial charge < -0.3 is 5.11 Å². The summed E-state index contributed by atoms with van der Waals surface area (Å²) in [7, 11) is 0. The normalized spacial score (nSPS) is 9.90. The van der Waals surface area contributed by atoms with Crippen molar-refractivity contribution >= 4 is 35.2 Å². The van der Waals surface area contributed by atoms with Gasteiger partial charge in [-0.2, -0.15) is 5.26 Å². The maximum absolute atomic E-state index is 11.1. The molecule has 0 heterocycles. The van der Waals surface area contributed by atoms with Gasteiger partial charge in [-0.1, -0.05) is 29.8 Å². The lowest BCUT2D eigenvalue weighted by atomic mass is 10.2. The zero-order valence-electron chi connectivity index (χ0n) is 10.9. The Morgan fingerprint density at radius 2 is 2.00 bits per heavy atom. The second-order valence-corrected chi connectivity index (χ2v) is 5.61. The average molecular weight is 319 g/mol. The van der Waals surface area contributed by atoms with Gasteiger partial charge in [0.15, 0.2) is 0 Å². The molecule has 0 saturated carbocycles. The standard InChI is InChI=1S/C15H11ClN2O2S/c16-13-7-6-11(9-17)8-14(13)18(10-15(19)20)21-12-4-2-1-3-5-12/h1-8H,10H2,(H,19,20). The van der Waals surface area contributed by atoms with E-state index in [1.807, 2.05) is 36.4 Å². The molecule has 0 aliphatic carbocycles. The maximum atomic E-state index is 11.1. The highest BCUT2D eigenvalue weighted by Crippen LogP contribution is 2.34. The highest BCUT2D eigenvalue weighted by Gasteiger charge is 2.16. The summed E-state index contributed by atoms with van der Waals surface area (Å²) in [4.78, 5) is 12.0. The van der Waals surface area contributed by atoms with E-state index < -0.39 is 5.97 Å². The maximum Gasteiger partial charge on any atom is 0.324 e. The van der Waals surface area contributed by atoms with Crippen LogP contribution in [0.2, 0.25) is 5.02 Å². The number of rotatable bonds is 5. The number of carboxylic acid groups (broad SMARTS) is 1. The Morgan fingerprint density at radius 3 is 2.62 bits per heavy atom. The summed E-state index contributed by atoms with van der Waals surface area (Å²) in [6.07, 6.45) is 0. The summed E-state index contributed by atoms with van der Waals surface area (Å²) >= 11 is 7.40. The van der Waals surface area contributed by atoms with E-state index in [0.717, 1.165) is 4.90 Å². The van der Waals surface area contributed by atoms with E-state index in [-0.39, 0.29) is 6.54 Å². The van der Waals surface area contributed by atoms with Crippen molar-refractivity contribution in [3.8, 4) is 6.07 Å². The van der Waals surface area contributed by atoms with Crippen molar-refractivity contribution in [2.45, 2.75) is 4.90 Å². The van der Waals surface area contributed by atoms with Crippen molar-refractivity contribution < 1.29 is 9.90 Å². The summed E-state index contributed by atoms with van der Waals surface area (Å²) in [5.41, 5.74) is 0.936. The third-order valence-electron chi connectivity index (χ3n) is 2.58. The summed E-state index contributed by atoms with van der Waals surface area (Å²) in [6.45, 7) is -0.228. The minimum absolute atomic E-state index is 0.228. The van der Waals surface area contributed by atoms with Crippen LogP contribution in [0.3, 0.4) is 0 Å². The van der Waals surface area contributed by atoms with Gasteiger partial charge in [-0.25, -0.2) is 0 Å². The Morgan fingerprint density at radius 1 is 1.29 bits per heavy atom. The summed E-state index contributed by atoms with van der Waals surface area (Å²) in [6, 6.07) is 16.2. The first-order valence-corrected chi connectivity index (χ1v) is 7.17. The number of carboxylic acids is 1. The summed E-state index contributed by atoms with van der Waals surface area (Å²) in [5, 5.41) is 18.5. The molecular formula is C15H11ClN2O2S. The molecule has 0 amide bonds. The third kappa shape index (κ3) is 4.15. The van der Waals surface area contributed by atoms with Gasteiger partial charge in [0.05, 0.1) is 22.3 Å². The molecule has 21 heavy (non-hydrogen) atoms. The van der Waals surface area contributed by atoms with E-state index in [0.29, 0.717) is 16.3 Å². The number of anilines is 1. The molecule has 2 aromatic rings. The van der Waals surface area contributed by atoms with Crippen molar-refractivity contribution in [3.63, 3.8) is 0 Å². The van der Waals surface area contributed by atoms with Crippen LogP contribution in [0.5, 0.6) is 0 Å². The van der Waals surface area contributed by atoms with Crippen LogP contribution in [0, 0.1) is 11.3 Å². The number of benzene rings is 2. The van der Waals surface area contributed by atoms with Crippen LogP contribution in [0.15, 0.2) is 53.4 Å². The number of nitriles is 1. The van der Waals surface area contributed by atoms with Crippen LogP contribution < -0.4 is 4.31 Å². The highest BCUT2D eigenvalue weighted by molar-refractivity contribution is 8.00. The van der Waals surface area contributed by atoms with E-state index in [1.54, 1.807) is 22.5 Å². The van der Waals surface area contributed by atoms with Gasteiger partial charge in [-0.05, 0) is 42.3 Å². The van der Waals surface area contributed by atoms with Crippen molar-refractivity contribution in [3.05, 3.63) is 59.1 Å². The van der Waals surface area contributed by atoms with E-state index in [4.69, 9.17) is 22.0 Å². The fourth-order valence-corrected chi connectivity index (χ4v) is 2.90. The molecule has 0 radical (unpaired) electrons. The van der Waals surface area contributed by atoms with Gasteiger partial charge in [0.1, 0.15) is 6.54 Å². The smallest absolute Gasteiger partial charge is 0.324 e. The highest BCUT2D eigenvalue weighted by atomic mass is 35.5. The fourth-order valence-electron chi connectivity index (χ4n) is 1.67. The van der Waals surface area contributed by atoms with Gasteiger partial charge in [-0.15, -0.1) is 0 Å². The molecular weight excluding hydrogens is 308 g/mol. The zero-order valence-corrected chi connectivity index (χ0v) is 12.4. The first-order chi connectivity index (χ1) is 10.1. The first kappa shape index (κ1) is 15.2. The Kier molecular flexibility index (Phi) is 5.09. The monoisotopic (exact) mass is 318 g/mol. The molecule has 0 aliphatic heterocycles. The molecule has 0 saturated heterocycles. The molecule has 106 valence electrons. The van der Waals surface area contributed by atoms with E-state index >= 15 is 0 Å². The van der Waals surface area contributed by atoms with Gasteiger partial charge >= 0.3 is 5.97 Å². The van der Waals surface area contributed by atoms with Gasteiger partial charge in [0.25, 0.3) is 0 Å². The van der Waals surface area contributed by atoms with Crippen LogP contribution >= 0.6 is 23.5 Å². The third-order valence-corrected chi connectivity index (χ3v) is 3.93. The number of hydrogen-bond acceptors (Lipinski definition) is 4. The van der Waals surface area contributed by atoms with Crippen molar-refractivity contribution in [2.75, 3.05) is 10.8 Å². The molecule has 0 unspecified atom stereocenters. The molecule has 0 aliphatic rings. The van der Waals surface area contributed by atoms with Gasteiger partial charge in [0.2, 0.25) is 0 Å². The largest absolute Gasteiger partial charge is 0.480 e. The molecule has 0 spiro atoms. The Bertz CT molecular complexity index is 686. The molecule has 4 nitrogen and oxygen atoms in total. The molecule has 0 aromatic heterocycles. The summed E-state index contributed by atoms with van der Waals surface area (Å²) in [5.74, 6) is -0.975. The number of hydrogen-bond donors (Lipinski definition) is 1. The van der Waals surface area contributed by atoms with Crippen LogP contribution in [0.4, 0.5) is 5.69 Å². The summed E-state index contributed by atoms with van der Waals surface area (Å²) < 4.78 is 1.56. The van der Waals surface area contributed by atoms with Crippen molar-refractivity contribution in [2.24, 2.45) is 0 Å². The molecule has 0 bridgehead atoms. The lowest BCUT2D eigenvalue weighted by molar-refractivity contribution is -0.135. The van der Waals surface area contributed by atoms with Crippen LogP contribution in [0.1, 0.15) is 5.56 Å². The van der Waals surface area contributed by atoms with Crippen molar-refractivity contribution in [1.82, 2.24) is 0 Å². The number of nitrogens with zero attached hydrogens (tertiary/aromatic N) is 2. The molecule has 6 heteroatoms. The second-order valence-electron chi connectivity index (χ2n) is 4.11. The molecule has 2 aromatic carbocycles. The first-order valence-electron chi connectivity index (χ1n) is 6.02. The minimum Gasteiger partial charge on any atom is -0.480 e. The van der Waals surface area contributed by atoms with E-state index in [2.05, 4.69) is 0 Å². The molecule has 1 N–H and O–H groups in total. The van der Waals surface area contributed by atoms with Gasteiger partial charge in [0, 0.05) is 4.90 Å². The average Bonchev–Trinajstić information content (AvgIpc) is 2.48. The van der Waals surface area contributed by atoms with Crippen molar-refractivity contribution in [1.29, 1.82) is 5.26 Å². The second kappa shape index (κ2) is 7.02. The van der Waals surface area contributed by atoms with Crippen LogP contribution in [0.25, 0.3) is 0 Å². The Hall–Kier alpha value is -2.16. The minimum atomic E-state index is -0.975. The predicted molar refractivity (Wildman–Crippen MR) is 83.4 cm³/mol. The lowest BCUT2D eigenvalue weighted by Gasteiger charge is -2.22. The SMILES string of the molecule is N#Cc1ccc(Cl)c(N(CC(=O)O)Sc2ccccc2)c1. The topological polar surface area (TPSA) is 64.3 Å². The molecule has 0 atom stereocenters. The Labute approximate surface area is 131 Å². The zero-order chi connectivity index (χ0) is 15.2. The number of halogens is 1. The fraction of sp³-hybridized carbons (Fsp3) is 0.0667. The predicted octanol–water partition coefficient (Wildman–Crippen LogP) is 3.81. The lowest BCUT2D eigenvalue weighted by Crippen LogP contribution is -2.23. The molecule has 2 rings (SSSR count). The Balaban J connectivity index is 2.36. The number of carbonyl (C=O) groups is 1. The quantitative estimate of drug-likeness (QED) is 0.849. The number of aliphatic carboxylic acids is 1. The van der Waals surface area contributed by atoms with Crippen LogP contribution in [-0.2, 0) is 4.79 Å². The molecule has 0 fully saturated rings. The van der Waals surface area contributed by atoms with E-state index in [1.165, 1.54) is 11.9 Å². The van der Waals surface area contributed by atoms with E-state index in [9.17, 15) is 4.79 Å². The van der Waals surface area contributed by atoms with Crippen LogP contribution in [-0.4, -0.2) is 17.6 Å².